The van der Waals surface area contributed by atoms with E-state index in [4.69, 9.17) is 0 Å². The van der Waals surface area contributed by atoms with Gasteiger partial charge in [-0.25, -0.2) is 0 Å². The number of hydrogen-bond acceptors (Lipinski definition) is 5. The van der Waals surface area contributed by atoms with Crippen LogP contribution in [0.2, 0.25) is 0 Å². The third-order valence-electron chi connectivity index (χ3n) is 5.51. The Morgan fingerprint density at radius 3 is 2.79 bits per heavy atom. The fourth-order valence-electron chi connectivity index (χ4n) is 3.88. The quantitative estimate of drug-likeness (QED) is 0.642. The van der Waals surface area contributed by atoms with E-state index in [9.17, 15) is 0 Å². The SMILES string of the molecule is CN1CCc2ccc(C3N=CC=C(Nc4ccc(-c5cn[nH]c5)cc4)N3)cc2C1. The highest BCUT2D eigenvalue weighted by Gasteiger charge is 2.18. The van der Waals surface area contributed by atoms with E-state index in [0.29, 0.717) is 0 Å². The summed E-state index contributed by atoms with van der Waals surface area (Å²) >= 11 is 0. The summed E-state index contributed by atoms with van der Waals surface area (Å²) in [7, 11) is 2.18. The van der Waals surface area contributed by atoms with Crippen molar-refractivity contribution in [1.29, 1.82) is 0 Å². The normalized spacial score (nSPS) is 18.7. The Morgan fingerprint density at radius 2 is 1.97 bits per heavy atom. The molecule has 1 unspecified atom stereocenters. The first-order valence-corrected chi connectivity index (χ1v) is 9.91. The van der Waals surface area contributed by atoms with E-state index < -0.39 is 0 Å². The standard InChI is InChI=1S/C23H24N6/c1-29-11-9-17-2-3-18(12-19(17)15-29)23-24-10-8-22(28-23)27-21-6-4-16(5-7-21)20-13-25-26-14-20/h2-8,10,12-14,23,27-28H,9,11,15H2,1H3,(H,25,26). The lowest BCUT2D eigenvalue weighted by molar-refractivity contribution is 0.312. The highest BCUT2D eigenvalue weighted by Crippen LogP contribution is 2.26. The molecule has 1 aromatic heterocycles. The predicted molar refractivity (Wildman–Crippen MR) is 117 cm³/mol. The number of H-pyrrole nitrogens is 1. The molecule has 3 N–H and O–H groups in total. The number of hydrogen-bond donors (Lipinski definition) is 3. The van der Waals surface area contributed by atoms with E-state index in [1.54, 1.807) is 0 Å². The van der Waals surface area contributed by atoms with Crippen LogP contribution in [0.1, 0.15) is 22.9 Å². The highest BCUT2D eigenvalue weighted by molar-refractivity contribution is 5.75. The van der Waals surface area contributed by atoms with Crippen molar-refractivity contribution in [2.24, 2.45) is 4.99 Å². The molecular formula is C23H24N6. The Bertz CT molecular complexity index is 1050. The van der Waals surface area contributed by atoms with Crippen molar-refractivity contribution >= 4 is 11.9 Å². The largest absolute Gasteiger partial charge is 0.346 e. The van der Waals surface area contributed by atoms with Crippen molar-refractivity contribution in [3.05, 3.63) is 83.4 Å². The Balaban J connectivity index is 1.28. The van der Waals surface area contributed by atoms with Crippen LogP contribution in [0.5, 0.6) is 0 Å². The summed E-state index contributed by atoms with van der Waals surface area (Å²) in [5.74, 6) is 0.941. The zero-order valence-electron chi connectivity index (χ0n) is 16.4. The van der Waals surface area contributed by atoms with Crippen molar-refractivity contribution < 1.29 is 0 Å². The van der Waals surface area contributed by atoms with Crippen LogP contribution in [0.3, 0.4) is 0 Å². The molecule has 3 heterocycles. The third-order valence-corrected chi connectivity index (χ3v) is 5.51. The Hall–Kier alpha value is -3.38. The van der Waals surface area contributed by atoms with Gasteiger partial charge in [0.05, 0.1) is 6.20 Å². The van der Waals surface area contributed by atoms with Crippen LogP contribution >= 0.6 is 0 Å². The molecule has 3 aromatic rings. The number of fused-ring (bicyclic) bond motifs is 1. The van der Waals surface area contributed by atoms with Gasteiger partial charge in [0.1, 0.15) is 12.0 Å². The van der Waals surface area contributed by atoms with E-state index in [1.807, 2.05) is 24.7 Å². The minimum Gasteiger partial charge on any atom is -0.346 e. The molecule has 0 aliphatic carbocycles. The second-order valence-corrected chi connectivity index (χ2v) is 7.63. The summed E-state index contributed by atoms with van der Waals surface area (Å²) in [5, 5.41) is 13.8. The minimum absolute atomic E-state index is 0.0785. The van der Waals surface area contributed by atoms with Crippen molar-refractivity contribution in [3.8, 4) is 11.1 Å². The second kappa shape index (κ2) is 7.56. The fourth-order valence-corrected chi connectivity index (χ4v) is 3.88. The molecule has 6 nitrogen and oxygen atoms in total. The van der Waals surface area contributed by atoms with Crippen LogP contribution in [-0.4, -0.2) is 34.9 Å². The average molecular weight is 384 g/mol. The van der Waals surface area contributed by atoms with Gasteiger partial charge in [0, 0.05) is 36.8 Å². The Kier molecular flexibility index (Phi) is 4.62. The fraction of sp³-hybridized carbons (Fsp3) is 0.217. The Labute approximate surface area is 170 Å². The predicted octanol–water partition coefficient (Wildman–Crippen LogP) is 3.69. The third kappa shape index (κ3) is 3.79. The van der Waals surface area contributed by atoms with Gasteiger partial charge in [-0.2, -0.15) is 5.10 Å². The molecule has 0 saturated heterocycles. The lowest BCUT2D eigenvalue weighted by Gasteiger charge is -2.27. The van der Waals surface area contributed by atoms with E-state index in [2.05, 4.69) is 80.2 Å². The molecule has 0 amide bonds. The van der Waals surface area contributed by atoms with Gasteiger partial charge in [0.2, 0.25) is 0 Å². The molecule has 0 saturated carbocycles. The molecule has 6 heteroatoms. The van der Waals surface area contributed by atoms with Gasteiger partial charge >= 0.3 is 0 Å². The topological polar surface area (TPSA) is 68.3 Å². The monoisotopic (exact) mass is 384 g/mol. The summed E-state index contributed by atoms with van der Waals surface area (Å²) in [6.07, 6.45) is 8.59. The van der Waals surface area contributed by atoms with Crippen molar-refractivity contribution in [3.63, 3.8) is 0 Å². The number of aliphatic imine (C=N–C) groups is 1. The summed E-state index contributed by atoms with van der Waals surface area (Å²) in [4.78, 5) is 7.00. The van der Waals surface area contributed by atoms with Crippen LogP contribution in [0.15, 0.2) is 71.7 Å². The zero-order chi connectivity index (χ0) is 19.6. The van der Waals surface area contributed by atoms with E-state index in [1.165, 1.54) is 16.7 Å². The lowest BCUT2D eigenvalue weighted by atomic mass is 9.96. The minimum atomic E-state index is -0.0785. The van der Waals surface area contributed by atoms with E-state index in [-0.39, 0.29) is 6.17 Å². The van der Waals surface area contributed by atoms with E-state index in [0.717, 1.165) is 42.1 Å². The lowest BCUT2D eigenvalue weighted by Crippen LogP contribution is -2.28. The van der Waals surface area contributed by atoms with Crippen molar-refractivity contribution in [2.45, 2.75) is 19.1 Å². The first-order chi connectivity index (χ1) is 14.2. The van der Waals surface area contributed by atoms with E-state index >= 15 is 0 Å². The number of benzene rings is 2. The van der Waals surface area contributed by atoms with Gasteiger partial charge in [-0.3, -0.25) is 10.1 Å². The van der Waals surface area contributed by atoms with Crippen LogP contribution < -0.4 is 10.6 Å². The molecule has 146 valence electrons. The molecule has 0 bridgehead atoms. The molecule has 1 atom stereocenters. The summed E-state index contributed by atoms with van der Waals surface area (Å²) < 4.78 is 0. The Morgan fingerprint density at radius 1 is 1.07 bits per heavy atom. The van der Waals surface area contributed by atoms with Gasteiger partial charge in [-0.1, -0.05) is 30.3 Å². The maximum Gasteiger partial charge on any atom is 0.145 e. The number of nitrogens with one attached hydrogen (secondary N) is 3. The molecule has 2 aliphatic rings. The molecular weight excluding hydrogens is 360 g/mol. The van der Waals surface area contributed by atoms with Crippen molar-refractivity contribution in [2.75, 3.05) is 18.9 Å². The second-order valence-electron chi connectivity index (χ2n) is 7.63. The van der Waals surface area contributed by atoms with Gasteiger partial charge in [0.25, 0.3) is 0 Å². The number of likely N-dealkylation sites (N-methyl/N-ethyl adjacent to an activating group) is 1. The molecule has 0 fully saturated rings. The van der Waals surface area contributed by atoms with Crippen molar-refractivity contribution in [1.82, 2.24) is 20.4 Å². The summed E-state index contributed by atoms with van der Waals surface area (Å²) in [5.41, 5.74) is 7.30. The molecule has 2 aliphatic heterocycles. The highest BCUT2D eigenvalue weighted by atomic mass is 15.2. The number of anilines is 1. The molecule has 0 spiro atoms. The zero-order valence-corrected chi connectivity index (χ0v) is 16.4. The van der Waals surface area contributed by atoms with Crippen LogP contribution in [0, 0.1) is 0 Å². The summed E-state index contributed by atoms with van der Waals surface area (Å²) in [6.45, 7) is 2.13. The number of aromatic nitrogens is 2. The van der Waals surface area contributed by atoms with Gasteiger partial charge < -0.3 is 15.5 Å². The molecule has 29 heavy (non-hydrogen) atoms. The summed E-state index contributed by atoms with van der Waals surface area (Å²) in [6, 6.07) is 15.1. The molecule has 0 radical (unpaired) electrons. The number of aromatic amines is 1. The van der Waals surface area contributed by atoms with Gasteiger partial charge in [-0.15, -0.1) is 0 Å². The van der Waals surface area contributed by atoms with Gasteiger partial charge in [0.15, 0.2) is 0 Å². The molecule has 5 rings (SSSR count). The van der Waals surface area contributed by atoms with Crippen LogP contribution in [0.25, 0.3) is 11.1 Å². The maximum atomic E-state index is 4.63. The average Bonchev–Trinajstić information content (AvgIpc) is 3.29. The maximum absolute atomic E-state index is 4.63. The first-order valence-electron chi connectivity index (χ1n) is 9.91. The molecule has 2 aromatic carbocycles. The van der Waals surface area contributed by atoms with Crippen LogP contribution in [0.4, 0.5) is 5.69 Å². The number of allylic oxidation sites excluding steroid dienone is 1. The number of rotatable bonds is 4. The van der Waals surface area contributed by atoms with Crippen LogP contribution in [-0.2, 0) is 13.0 Å². The number of nitrogens with zero attached hydrogens (tertiary/aromatic N) is 3. The van der Waals surface area contributed by atoms with Gasteiger partial charge in [-0.05, 0) is 53.9 Å². The smallest absolute Gasteiger partial charge is 0.145 e. The first kappa shape index (κ1) is 17.7.